The quantitative estimate of drug-likeness (QED) is 0.903. The van der Waals surface area contributed by atoms with Gasteiger partial charge in [0.2, 0.25) is 0 Å². The molecule has 0 saturated carbocycles. The van der Waals surface area contributed by atoms with Crippen molar-refractivity contribution in [1.29, 1.82) is 0 Å². The van der Waals surface area contributed by atoms with E-state index in [0.29, 0.717) is 5.92 Å². The monoisotopic (exact) mass is 273 g/mol. The van der Waals surface area contributed by atoms with Crippen LogP contribution in [0, 0.1) is 0 Å². The van der Waals surface area contributed by atoms with E-state index in [4.69, 9.17) is 4.98 Å². The van der Waals surface area contributed by atoms with Crippen LogP contribution in [0.25, 0.3) is 11.0 Å². The molecule has 0 spiro atoms. The fourth-order valence-electron chi connectivity index (χ4n) is 3.08. The number of aromatic nitrogens is 2. The summed E-state index contributed by atoms with van der Waals surface area (Å²) in [4.78, 5) is 10.5. The highest BCUT2D eigenvalue weighted by molar-refractivity contribution is 5.74. The van der Waals surface area contributed by atoms with E-state index in [-0.39, 0.29) is 0 Å². The Balaban J connectivity index is 1.66. The van der Waals surface area contributed by atoms with Gasteiger partial charge in [-0.25, -0.2) is 4.98 Å². The van der Waals surface area contributed by atoms with Crippen LogP contribution in [0.3, 0.4) is 0 Å². The summed E-state index contributed by atoms with van der Waals surface area (Å²) >= 11 is 0. The third kappa shape index (κ3) is 3.02. The highest BCUT2D eigenvalue weighted by atomic mass is 16.3. The van der Waals surface area contributed by atoms with E-state index < -0.39 is 5.60 Å². The maximum atomic E-state index is 9.89. The average molecular weight is 273 g/mol. The number of piperidine rings is 1. The Labute approximate surface area is 119 Å². The molecule has 1 aliphatic rings. The number of hydrogen-bond acceptors (Lipinski definition) is 3. The van der Waals surface area contributed by atoms with Gasteiger partial charge < -0.3 is 15.0 Å². The van der Waals surface area contributed by atoms with Crippen LogP contribution in [0.5, 0.6) is 0 Å². The summed E-state index contributed by atoms with van der Waals surface area (Å²) in [6, 6.07) is 8.20. The number of β-amino-alcohol motifs (C(OH)–C–C–N with tert-alkyl or cyclic N) is 1. The molecule has 3 rings (SSSR count). The number of para-hydroxylation sites is 2. The normalized spacial score (nSPS) is 18.8. The second-order valence-electron chi connectivity index (χ2n) is 6.50. The van der Waals surface area contributed by atoms with Crippen LogP contribution in [0.1, 0.15) is 38.4 Å². The molecule has 20 heavy (non-hydrogen) atoms. The second-order valence-corrected chi connectivity index (χ2v) is 6.50. The first-order chi connectivity index (χ1) is 9.51. The van der Waals surface area contributed by atoms with Crippen molar-refractivity contribution in [2.75, 3.05) is 19.6 Å². The Morgan fingerprint density at radius 3 is 2.65 bits per heavy atom. The predicted octanol–water partition coefficient (Wildman–Crippen LogP) is 2.51. The molecule has 2 aromatic rings. The van der Waals surface area contributed by atoms with Crippen molar-refractivity contribution in [3.8, 4) is 0 Å². The number of aliphatic hydroxyl groups is 1. The fourth-order valence-corrected chi connectivity index (χ4v) is 3.08. The van der Waals surface area contributed by atoms with Gasteiger partial charge in [0.15, 0.2) is 0 Å². The minimum absolute atomic E-state index is 0.514. The molecule has 0 amide bonds. The molecular weight excluding hydrogens is 250 g/mol. The third-order valence-electron chi connectivity index (χ3n) is 3.99. The zero-order valence-corrected chi connectivity index (χ0v) is 12.3. The highest BCUT2D eigenvalue weighted by Gasteiger charge is 2.26. The van der Waals surface area contributed by atoms with Crippen molar-refractivity contribution in [3.05, 3.63) is 30.1 Å². The number of likely N-dealkylation sites (tertiary alicyclic amines) is 1. The summed E-state index contributed by atoms with van der Waals surface area (Å²) in [5.74, 6) is 1.63. The molecule has 0 radical (unpaired) electrons. The standard InChI is InChI=1S/C16H23N3O/c1-16(2,20)11-19-9-7-12(8-10-19)15-17-13-5-3-4-6-14(13)18-15/h3-6,12,20H,7-11H2,1-2H3,(H,17,18). The van der Waals surface area contributed by atoms with Crippen LogP contribution in [-0.4, -0.2) is 45.2 Å². The molecule has 2 N–H and O–H groups in total. The molecule has 0 unspecified atom stereocenters. The first-order valence-corrected chi connectivity index (χ1v) is 7.41. The Kier molecular flexibility index (Phi) is 3.52. The summed E-state index contributed by atoms with van der Waals surface area (Å²) in [5.41, 5.74) is 1.58. The first-order valence-electron chi connectivity index (χ1n) is 7.41. The number of imidazole rings is 1. The number of rotatable bonds is 3. The van der Waals surface area contributed by atoms with Gasteiger partial charge in [-0.1, -0.05) is 12.1 Å². The molecular formula is C16H23N3O. The lowest BCUT2D eigenvalue weighted by molar-refractivity contribution is 0.0279. The number of benzene rings is 1. The Hall–Kier alpha value is -1.39. The number of nitrogens with one attached hydrogen (secondary N) is 1. The van der Waals surface area contributed by atoms with Crippen LogP contribution >= 0.6 is 0 Å². The Morgan fingerprint density at radius 1 is 1.30 bits per heavy atom. The minimum atomic E-state index is -0.605. The number of H-pyrrole nitrogens is 1. The van der Waals surface area contributed by atoms with E-state index in [1.54, 1.807) is 0 Å². The van der Waals surface area contributed by atoms with Crippen LogP contribution in [0.15, 0.2) is 24.3 Å². The zero-order valence-electron chi connectivity index (χ0n) is 12.3. The lowest BCUT2D eigenvalue weighted by Crippen LogP contribution is -2.42. The molecule has 1 aromatic carbocycles. The van der Waals surface area contributed by atoms with Gasteiger partial charge in [0.1, 0.15) is 5.82 Å². The molecule has 1 fully saturated rings. The van der Waals surface area contributed by atoms with Crippen molar-refractivity contribution < 1.29 is 5.11 Å². The van der Waals surface area contributed by atoms with Gasteiger partial charge in [0.05, 0.1) is 16.6 Å². The van der Waals surface area contributed by atoms with E-state index in [9.17, 15) is 5.11 Å². The summed E-state index contributed by atoms with van der Waals surface area (Å²) in [6.45, 7) is 6.56. The highest BCUT2D eigenvalue weighted by Crippen LogP contribution is 2.28. The summed E-state index contributed by atoms with van der Waals surface area (Å²) in [6.07, 6.45) is 2.21. The maximum Gasteiger partial charge on any atom is 0.110 e. The van der Waals surface area contributed by atoms with Gasteiger partial charge in [-0.3, -0.25) is 0 Å². The number of aromatic amines is 1. The molecule has 108 valence electrons. The van der Waals surface area contributed by atoms with Gasteiger partial charge in [-0.15, -0.1) is 0 Å². The third-order valence-corrected chi connectivity index (χ3v) is 3.99. The molecule has 0 aliphatic carbocycles. The lowest BCUT2D eigenvalue weighted by atomic mass is 9.95. The SMILES string of the molecule is CC(C)(O)CN1CCC(c2nc3ccccc3[nH]2)CC1. The smallest absolute Gasteiger partial charge is 0.110 e. The number of fused-ring (bicyclic) bond motifs is 1. The van der Waals surface area contributed by atoms with E-state index in [0.717, 1.165) is 49.3 Å². The lowest BCUT2D eigenvalue weighted by Gasteiger charge is -2.34. The molecule has 4 nitrogen and oxygen atoms in total. The maximum absolute atomic E-state index is 9.89. The zero-order chi connectivity index (χ0) is 14.2. The molecule has 0 bridgehead atoms. The topological polar surface area (TPSA) is 52.1 Å². The first kappa shape index (κ1) is 13.6. The summed E-state index contributed by atoms with van der Waals surface area (Å²) in [5, 5.41) is 9.89. The molecule has 4 heteroatoms. The van der Waals surface area contributed by atoms with E-state index in [2.05, 4.69) is 22.0 Å². The van der Waals surface area contributed by atoms with Crippen LogP contribution in [0.4, 0.5) is 0 Å². The van der Waals surface area contributed by atoms with Crippen LogP contribution in [0.2, 0.25) is 0 Å². The van der Waals surface area contributed by atoms with Gasteiger partial charge in [0, 0.05) is 12.5 Å². The molecule has 1 saturated heterocycles. The molecule has 0 atom stereocenters. The number of hydrogen-bond donors (Lipinski definition) is 2. The Morgan fingerprint density at radius 2 is 2.00 bits per heavy atom. The molecule has 1 aliphatic heterocycles. The van der Waals surface area contributed by atoms with Crippen molar-refractivity contribution in [3.63, 3.8) is 0 Å². The fraction of sp³-hybridized carbons (Fsp3) is 0.562. The minimum Gasteiger partial charge on any atom is -0.389 e. The van der Waals surface area contributed by atoms with Gasteiger partial charge >= 0.3 is 0 Å². The summed E-state index contributed by atoms with van der Waals surface area (Å²) in [7, 11) is 0. The van der Waals surface area contributed by atoms with Crippen LogP contribution in [-0.2, 0) is 0 Å². The van der Waals surface area contributed by atoms with Crippen molar-refractivity contribution in [1.82, 2.24) is 14.9 Å². The largest absolute Gasteiger partial charge is 0.389 e. The van der Waals surface area contributed by atoms with Crippen molar-refractivity contribution in [2.24, 2.45) is 0 Å². The predicted molar refractivity (Wildman–Crippen MR) is 80.8 cm³/mol. The van der Waals surface area contributed by atoms with Crippen molar-refractivity contribution >= 4 is 11.0 Å². The Bertz CT molecular complexity index is 544. The van der Waals surface area contributed by atoms with Gasteiger partial charge in [-0.05, 0) is 51.9 Å². The van der Waals surface area contributed by atoms with Crippen LogP contribution < -0.4 is 0 Å². The van der Waals surface area contributed by atoms with E-state index >= 15 is 0 Å². The average Bonchev–Trinajstić information content (AvgIpc) is 2.81. The van der Waals surface area contributed by atoms with E-state index in [1.807, 2.05) is 26.0 Å². The summed E-state index contributed by atoms with van der Waals surface area (Å²) < 4.78 is 0. The van der Waals surface area contributed by atoms with E-state index in [1.165, 1.54) is 0 Å². The van der Waals surface area contributed by atoms with Crippen molar-refractivity contribution in [2.45, 2.75) is 38.2 Å². The van der Waals surface area contributed by atoms with Gasteiger partial charge in [-0.2, -0.15) is 0 Å². The molecule has 1 aromatic heterocycles. The second kappa shape index (κ2) is 5.19. The molecule has 2 heterocycles. The number of nitrogens with zero attached hydrogens (tertiary/aromatic N) is 2. The van der Waals surface area contributed by atoms with Gasteiger partial charge in [0.25, 0.3) is 0 Å².